The molecule has 0 atom stereocenters. The summed E-state index contributed by atoms with van der Waals surface area (Å²) in [5, 5.41) is 15.8. The number of tetrazole rings is 1. The maximum Gasteiger partial charge on any atom is 0.244 e. The SMILES string of the molecule is O=C(Cn1nnc(-c2ccccc2)n1)NCc1nc2ccccc2s1. The van der Waals surface area contributed by atoms with Crippen LogP contribution >= 0.6 is 11.3 Å². The molecule has 0 bridgehead atoms. The molecule has 0 aliphatic rings. The normalized spacial score (nSPS) is 10.9. The number of rotatable bonds is 5. The van der Waals surface area contributed by atoms with Gasteiger partial charge in [-0.25, -0.2) is 4.98 Å². The lowest BCUT2D eigenvalue weighted by molar-refractivity contribution is -0.122. The molecular weight excluding hydrogens is 336 g/mol. The summed E-state index contributed by atoms with van der Waals surface area (Å²) in [6, 6.07) is 17.4. The van der Waals surface area contributed by atoms with Crippen LogP contribution in [0.1, 0.15) is 5.01 Å². The van der Waals surface area contributed by atoms with Crippen molar-refractivity contribution in [3.8, 4) is 11.4 Å². The van der Waals surface area contributed by atoms with E-state index in [1.54, 1.807) is 11.3 Å². The van der Waals surface area contributed by atoms with E-state index in [-0.39, 0.29) is 12.5 Å². The number of carbonyl (C=O) groups is 1. The van der Waals surface area contributed by atoms with Gasteiger partial charge in [-0.3, -0.25) is 4.79 Å². The summed E-state index contributed by atoms with van der Waals surface area (Å²) < 4.78 is 1.11. The van der Waals surface area contributed by atoms with Crippen molar-refractivity contribution in [2.75, 3.05) is 0 Å². The fourth-order valence-corrected chi connectivity index (χ4v) is 3.27. The number of para-hydroxylation sites is 1. The van der Waals surface area contributed by atoms with Crippen LogP contribution in [0.25, 0.3) is 21.6 Å². The average molecular weight is 350 g/mol. The number of hydrogen-bond donors (Lipinski definition) is 1. The summed E-state index contributed by atoms with van der Waals surface area (Å²) in [5.41, 5.74) is 1.81. The van der Waals surface area contributed by atoms with Crippen molar-refractivity contribution < 1.29 is 4.79 Å². The van der Waals surface area contributed by atoms with Crippen molar-refractivity contribution in [1.29, 1.82) is 0 Å². The van der Waals surface area contributed by atoms with Gasteiger partial charge in [0.15, 0.2) is 0 Å². The summed E-state index contributed by atoms with van der Waals surface area (Å²) in [6.07, 6.45) is 0. The molecule has 2 aromatic carbocycles. The van der Waals surface area contributed by atoms with Gasteiger partial charge in [-0.15, -0.1) is 21.5 Å². The van der Waals surface area contributed by atoms with Crippen LogP contribution in [0.5, 0.6) is 0 Å². The second-order valence-electron chi connectivity index (χ2n) is 5.36. The molecule has 0 aliphatic carbocycles. The van der Waals surface area contributed by atoms with Crippen LogP contribution in [0.4, 0.5) is 0 Å². The summed E-state index contributed by atoms with van der Waals surface area (Å²) in [4.78, 5) is 17.9. The molecule has 4 rings (SSSR count). The number of aromatic nitrogens is 5. The van der Waals surface area contributed by atoms with Gasteiger partial charge in [-0.05, 0) is 17.3 Å². The van der Waals surface area contributed by atoms with Crippen LogP contribution < -0.4 is 5.32 Å². The van der Waals surface area contributed by atoms with E-state index in [0.29, 0.717) is 12.4 Å². The first kappa shape index (κ1) is 15.4. The van der Waals surface area contributed by atoms with Gasteiger partial charge < -0.3 is 5.32 Å². The van der Waals surface area contributed by atoms with E-state index < -0.39 is 0 Å². The molecule has 2 aromatic heterocycles. The zero-order valence-electron chi connectivity index (χ0n) is 13.2. The highest BCUT2D eigenvalue weighted by atomic mass is 32.1. The van der Waals surface area contributed by atoms with Gasteiger partial charge in [-0.1, -0.05) is 42.5 Å². The van der Waals surface area contributed by atoms with E-state index in [1.165, 1.54) is 4.80 Å². The number of amides is 1. The van der Waals surface area contributed by atoms with Gasteiger partial charge in [-0.2, -0.15) is 4.80 Å². The molecule has 0 unspecified atom stereocenters. The number of benzene rings is 2. The lowest BCUT2D eigenvalue weighted by Crippen LogP contribution is -2.28. The van der Waals surface area contributed by atoms with Crippen molar-refractivity contribution in [1.82, 2.24) is 30.5 Å². The van der Waals surface area contributed by atoms with Gasteiger partial charge >= 0.3 is 0 Å². The highest BCUT2D eigenvalue weighted by Crippen LogP contribution is 2.21. The van der Waals surface area contributed by atoms with Gasteiger partial charge in [0.05, 0.1) is 16.8 Å². The highest BCUT2D eigenvalue weighted by molar-refractivity contribution is 7.18. The standard InChI is InChI=1S/C17H14N6OS/c24-15(18-10-16-19-13-8-4-5-9-14(13)25-16)11-23-21-17(20-22-23)12-6-2-1-3-7-12/h1-9H,10-11H2,(H,18,24). The first-order valence-corrected chi connectivity index (χ1v) is 8.54. The maximum absolute atomic E-state index is 12.1. The first-order chi connectivity index (χ1) is 12.3. The van der Waals surface area contributed by atoms with E-state index in [0.717, 1.165) is 20.8 Å². The maximum atomic E-state index is 12.1. The van der Waals surface area contributed by atoms with Crippen molar-refractivity contribution in [2.45, 2.75) is 13.1 Å². The molecular formula is C17H14N6OS. The second kappa shape index (κ2) is 6.78. The van der Waals surface area contributed by atoms with Crippen molar-refractivity contribution in [3.05, 3.63) is 59.6 Å². The zero-order valence-corrected chi connectivity index (χ0v) is 14.0. The number of nitrogens with zero attached hydrogens (tertiary/aromatic N) is 5. The van der Waals surface area contributed by atoms with E-state index >= 15 is 0 Å². The summed E-state index contributed by atoms with van der Waals surface area (Å²) in [7, 11) is 0. The Balaban J connectivity index is 1.37. The van der Waals surface area contributed by atoms with Gasteiger partial charge in [0.2, 0.25) is 11.7 Å². The Bertz CT molecular complexity index is 977. The summed E-state index contributed by atoms with van der Waals surface area (Å²) in [5.74, 6) is 0.316. The molecule has 7 nitrogen and oxygen atoms in total. The quantitative estimate of drug-likeness (QED) is 0.597. The fraction of sp³-hybridized carbons (Fsp3) is 0.118. The number of carbonyl (C=O) groups excluding carboxylic acids is 1. The molecule has 25 heavy (non-hydrogen) atoms. The molecule has 1 N–H and O–H groups in total. The van der Waals surface area contributed by atoms with E-state index in [2.05, 4.69) is 25.7 Å². The number of fused-ring (bicyclic) bond motifs is 1. The Kier molecular flexibility index (Phi) is 4.17. The molecule has 0 radical (unpaired) electrons. The van der Waals surface area contributed by atoms with Crippen LogP contribution in [-0.4, -0.2) is 31.1 Å². The Morgan fingerprint density at radius 2 is 1.88 bits per heavy atom. The molecule has 0 saturated carbocycles. The smallest absolute Gasteiger partial charge is 0.244 e. The third-order valence-corrected chi connectivity index (χ3v) is 4.58. The molecule has 0 saturated heterocycles. The van der Waals surface area contributed by atoms with E-state index in [1.807, 2.05) is 54.6 Å². The topological polar surface area (TPSA) is 85.6 Å². The third kappa shape index (κ3) is 3.53. The molecule has 0 spiro atoms. The fourth-order valence-electron chi connectivity index (χ4n) is 2.37. The number of hydrogen-bond acceptors (Lipinski definition) is 6. The molecule has 2 heterocycles. The minimum atomic E-state index is -0.184. The lowest BCUT2D eigenvalue weighted by atomic mass is 10.2. The predicted molar refractivity (Wildman–Crippen MR) is 94.7 cm³/mol. The Morgan fingerprint density at radius 1 is 1.08 bits per heavy atom. The molecule has 0 aliphatic heterocycles. The lowest BCUT2D eigenvalue weighted by Gasteiger charge is -2.01. The number of thiazole rings is 1. The van der Waals surface area contributed by atoms with Gasteiger partial charge in [0, 0.05) is 5.56 Å². The minimum absolute atomic E-state index is 0.0186. The zero-order chi connectivity index (χ0) is 17.1. The van der Waals surface area contributed by atoms with Crippen molar-refractivity contribution in [2.24, 2.45) is 0 Å². The monoisotopic (exact) mass is 350 g/mol. The van der Waals surface area contributed by atoms with Crippen LogP contribution in [0.2, 0.25) is 0 Å². The van der Waals surface area contributed by atoms with E-state index in [4.69, 9.17) is 0 Å². The van der Waals surface area contributed by atoms with Gasteiger partial charge in [0.1, 0.15) is 11.6 Å². The largest absolute Gasteiger partial charge is 0.348 e. The molecule has 0 fully saturated rings. The van der Waals surface area contributed by atoms with Gasteiger partial charge in [0.25, 0.3) is 0 Å². The Morgan fingerprint density at radius 3 is 2.72 bits per heavy atom. The molecule has 1 amide bonds. The first-order valence-electron chi connectivity index (χ1n) is 7.72. The minimum Gasteiger partial charge on any atom is -0.348 e. The van der Waals surface area contributed by atoms with Crippen LogP contribution in [0.3, 0.4) is 0 Å². The molecule has 124 valence electrons. The Labute approximate surface area is 147 Å². The highest BCUT2D eigenvalue weighted by Gasteiger charge is 2.10. The average Bonchev–Trinajstić information content (AvgIpc) is 3.27. The van der Waals surface area contributed by atoms with Crippen LogP contribution in [0.15, 0.2) is 54.6 Å². The second-order valence-corrected chi connectivity index (χ2v) is 6.48. The number of nitrogens with one attached hydrogen (secondary N) is 1. The summed E-state index contributed by atoms with van der Waals surface area (Å²) >= 11 is 1.57. The van der Waals surface area contributed by atoms with E-state index in [9.17, 15) is 4.79 Å². The third-order valence-electron chi connectivity index (χ3n) is 3.54. The van der Waals surface area contributed by atoms with Crippen molar-refractivity contribution in [3.63, 3.8) is 0 Å². The summed E-state index contributed by atoms with van der Waals surface area (Å²) in [6.45, 7) is 0.406. The molecule has 4 aromatic rings. The van der Waals surface area contributed by atoms with Crippen molar-refractivity contribution >= 4 is 27.5 Å². The Hall–Kier alpha value is -3.13. The predicted octanol–water partition coefficient (Wildman–Crippen LogP) is 2.27. The van der Waals surface area contributed by atoms with Crippen LogP contribution in [-0.2, 0) is 17.9 Å². The van der Waals surface area contributed by atoms with Crippen LogP contribution in [0, 0.1) is 0 Å². The molecule has 8 heteroatoms.